The molecule has 0 aliphatic heterocycles. The summed E-state index contributed by atoms with van der Waals surface area (Å²) >= 11 is 0. The van der Waals surface area contributed by atoms with E-state index in [4.69, 9.17) is 4.74 Å². The van der Waals surface area contributed by atoms with Gasteiger partial charge in [0.1, 0.15) is 18.2 Å². The minimum absolute atomic E-state index is 0.105. The van der Waals surface area contributed by atoms with Crippen molar-refractivity contribution < 1.29 is 22.1 Å². The van der Waals surface area contributed by atoms with E-state index in [0.717, 1.165) is 6.07 Å². The van der Waals surface area contributed by atoms with Crippen LogP contribution in [-0.4, -0.2) is 6.98 Å². The number of benzene rings is 2. The molecule has 0 amide bonds. The van der Waals surface area contributed by atoms with E-state index in [9.17, 15) is 17.3 Å². The van der Waals surface area contributed by atoms with E-state index in [0.29, 0.717) is 11.3 Å². The first kappa shape index (κ1) is 14.4. The molecule has 0 atom stereocenters. The van der Waals surface area contributed by atoms with Gasteiger partial charge in [0.15, 0.2) is 0 Å². The minimum Gasteiger partial charge on any atom is -0.489 e. The maximum Gasteiger partial charge on any atom is 0.509 e. The Hall–Kier alpha value is -1.98. The van der Waals surface area contributed by atoms with Crippen LogP contribution >= 0.6 is 0 Å². The highest BCUT2D eigenvalue weighted by atomic mass is 19.4. The van der Waals surface area contributed by atoms with Crippen LogP contribution in [0.3, 0.4) is 0 Å². The van der Waals surface area contributed by atoms with Gasteiger partial charge in [0.05, 0.1) is 0 Å². The fourth-order valence-electron chi connectivity index (χ4n) is 1.90. The molecule has 0 aliphatic rings. The van der Waals surface area contributed by atoms with Crippen LogP contribution in [0.4, 0.5) is 17.3 Å². The number of rotatable bonds is 4. The lowest BCUT2D eigenvalue weighted by molar-refractivity contribution is 0.305. The van der Waals surface area contributed by atoms with Crippen molar-refractivity contribution in [3.63, 3.8) is 0 Å². The molecule has 0 N–H and O–H groups in total. The third kappa shape index (κ3) is 3.53. The Morgan fingerprint density at radius 2 is 1.80 bits per heavy atom. The predicted molar refractivity (Wildman–Crippen MR) is 70.6 cm³/mol. The third-order valence-corrected chi connectivity index (χ3v) is 2.89. The molecule has 0 aromatic heterocycles. The molecular formula is C14H12BF4O-. The van der Waals surface area contributed by atoms with Crippen molar-refractivity contribution in [3.05, 3.63) is 59.4 Å². The SMILES string of the molecule is Cc1cc(OCc2cccc(F)c2)ccc1[B-](F)(F)F. The average Bonchev–Trinajstić information content (AvgIpc) is 2.35. The number of halogens is 4. The van der Waals surface area contributed by atoms with Gasteiger partial charge in [0, 0.05) is 0 Å². The van der Waals surface area contributed by atoms with Gasteiger partial charge in [-0.2, -0.15) is 0 Å². The van der Waals surface area contributed by atoms with Crippen molar-refractivity contribution in [1.29, 1.82) is 0 Å². The third-order valence-electron chi connectivity index (χ3n) is 2.89. The normalized spacial score (nSPS) is 11.4. The summed E-state index contributed by atoms with van der Waals surface area (Å²) in [7, 11) is 0. The lowest BCUT2D eigenvalue weighted by Crippen LogP contribution is -2.35. The summed E-state index contributed by atoms with van der Waals surface area (Å²) in [4.78, 5) is 0. The Labute approximate surface area is 114 Å². The van der Waals surface area contributed by atoms with Gasteiger partial charge in [-0.05, 0) is 36.8 Å². The van der Waals surface area contributed by atoms with E-state index in [1.807, 2.05) is 0 Å². The Morgan fingerprint density at radius 3 is 2.40 bits per heavy atom. The Balaban J connectivity index is 2.10. The molecule has 0 unspecified atom stereocenters. The smallest absolute Gasteiger partial charge is 0.489 e. The van der Waals surface area contributed by atoms with Gasteiger partial charge in [-0.25, -0.2) is 4.39 Å². The first-order valence-corrected chi connectivity index (χ1v) is 6.04. The standard InChI is InChI=1S/C14H12BF4O/c1-10-7-13(5-6-14(10)15(17,18)19)20-9-11-3-2-4-12(16)8-11/h2-8H,9H2,1H3/q-1. The van der Waals surface area contributed by atoms with Gasteiger partial charge in [0.25, 0.3) is 0 Å². The number of hydrogen-bond donors (Lipinski definition) is 0. The van der Waals surface area contributed by atoms with Crippen LogP contribution in [-0.2, 0) is 6.61 Å². The maximum atomic E-state index is 13.0. The van der Waals surface area contributed by atoms with Crippen LogP contribution < -0.4 is 10.2 Å². The highest BCUT2D eigenvalue weighted by Crippen LogP contribution is 2.18. The van der Waals surface area contributed by atoms with Crippen LogP contribution in [0.5, 0.6) is 5.75 Å². The van der Waals surface area contributed by atoms with Crippen LogP contribution in [0.2, 0.25) is 0 Å². The van der Waals surface area contributed by atoms with Gasteiger partial charge in [0.2, 0.25) is 0 Å². The average molecular weight is 283 g/mol. The minimum atomic E-state index is -5.01. The molecule has 2 aromatic carbocycles. The second-order valence-corrected chi connectivity index (χ2v) is 4.51. The Morgan fingerprint density at radius 1 is 1.05 bits per heavy atom. The van der Waals surface area contributed by atoms with Crippen molar-refractivity contribution in [2.75, 3.05) is 0 Å². The fraction of sp³-hybridized carbons (Fsp3) is 0.143. The van der Waals surface area contributed by atoms with Gasteiger partial charge >= 0.3 is 6.98 Å². The second-order valence-electron chi connectivity index (χ2n) is 4.51. The number of aryl methyl sites for hydroxylation is 1. The maximum absolute atomic E-state index is 13.0. The number of hydrogen-bond acceptors (Lipinski definition) is 1. The van der Waals surface area contributed by atoms with Gasteiger partial charge in [-0.1, -0.05) is 23.8 Å². The highest BCUT2D eigenvalue weighted by molar-refractivity contribution is 6.74. The van der Waals surface area contributed by atoms with E-state index < -0.39 is 12.4 Å². The van der Waals surface area contributed by atoms with E-state index in [-0.39, 0.29) is 18.0 Å². The van der Waals surface area contributed by atoms with Crippen molar-refractivity contribution in [3.8, 4) is 5.75 Å². The van der Waals surface area contributed by atoms with E-state index >= 15 is 0 Å². The lowest BCUT2D eigenvalue weighted by atomic mass is 9.77. The first-order valence-electron chi connectivity index (χ1n) is 6.04. The van der Waals surface area contributed by atoms with Crippen LogP contribution in [0.25, 0.3) is 0 Å². The number of ether oxygens (including phenoxy) is 1. The van der Waals surface area contributed by atoms with E-state index in [2.05, 4.69) is 0 Å². The summed E-state index contributed by atoms with van der Waals surface area (Å²) in [5.41, 5.74) is 0.115. The molecule has 0 saturated heterocycles. The van der Waals surface area contributed by atoms with E-state index in [1.54, 1.807) is 12.1 Å². The Bertz CT molecular complexity index is 610. The zero-order valence-corrected chi connectivity index (χ0v) is 10.7. The van der Waals surface area contributed by atoms with Crippen molar-refractivity contribution in [2.24, 2.45) is 0 Å². The fourth-order valence-corrected chi connectivity index (χ4v) is 1.90. The molecule has 106 valence electrons. The lowest BCUT2D eigenvalue weighted by Gasteiger charge is -2.18. The van der Waals surface area contributed by atoms with Crippen molar-refractivity contribution >= 4 is 12.4 Å². The molecule has 0 heterocycles. The van der Waals surface area contributed by atoms with Crippen LogP contribution in [0.1, 0.15) is 11.1 Å². The highest BCUT2D eigenvalue weighted by Gasteiger charge is 2.27. The van der Waals surface area contributed by atoms with Crippen molar-refractivity contribution in [2.45, 2.75) is 13.5 Å². The van der Waals surface area contributed by atoms with E-state index in [1.165, 1.54) is 31.2 Å². The molecule has 0 fully saturated rings. The molecule has 2 aromatic rings. The molecule has 0 radical (unpaired) electrons. The molecule has 20 heavy (non-hydrogen) atoms. The monoisotopic (exact) mass is 283 g/mol. The predicted octanol–water partition coefficient (Wildman–Crippen LogP) is 3.77. The summed E-state index contributed by atoms with van der Waals surface area (Å²) < 4.78 is 56.3. The molecule has 0 spiro atoms. The molecule has 2 rings (SSSR count). The van der Waals surface area contributed by atoms with Crippen LogP contribution in [0.15, 0.2) is 42.5 Å². The summed E-state index contributed by atoms with van der Waals surface area (Å²) in [6.07, 6.45) is 0. The molecule has 0 saturated carbocycles. The zero-order chi connectivity index (χ0) is 14.8. The van der Waals surface area contributed by atoms with Gasteiger partial charge in [-0.15, -0.1) is 5.46 Å². The topological polar surface area (TPSA) is 9.23 Å². The molecule has 6 heteroatoms. The van der Waals surface area contributed by atoms with Crippen molar-refractivity contribution in [1.82, 2.24) is 0 Å². The largest absolute Gasteiger partial charge is 0.509 e. The molecule has 0 bridgehead atoms. The molecule has 0 aliphatic carbocycles. The van der Waals surface area contributed by atoms with Gasteiger partial charge in [-0.3, -0.25) is 0 Å². The van der Waals surface area contributed by atoms with Gasteiger partial charge < -0.3 is 17.7 Å². The summed E-state index contributed by atoms with van der Waals surface area (Å²) in [6, 6.07) is 9.49. The Kier molecular flexibility index (Phi) is 4.02. The second kappa shape index (κ2) is 5.57. The molecular weight excluding hydrogens is 271 g/mol. The molecule has 1 nitrogen and oxygen atoms in total. The quantitative estimate of drug-likeness (QED) is 0.613. The summed E-state index contributed by atoms with van der Waals surface area (Å²) in [6.45, 7) is -3.52. The first-order chi connectivity index (χ1) is 9.36. The summed E-state index contributed by atoms with van der Waals surface area (Å²) in [5, 5.41) is 0. The van der Waals surface area contributed by atoms with Crippen LogP contribution in [0, 0.1) is 12.7 Å². The zero-order valence-electron chi connectivity index (χ0n) is 10.7. The summed E-state index contributed by atoms with van der Waals surface area (Å²) in [5.74, 6) is -0.0482.